The Bertz CT molecular complexity index is 567. The Labute approximate surface area is 144 Å². The fourth-order valence-corrected chi connectivity index (χ4v) is 4.34. The van der Waals surface area contributed by atoms with Crippen LogP contribution in [-0.2, 0) is 0 Å². The van der Waals surface area contributed by atoms with Gasteiger partial charge in [0.2, 0.25) is 0 Å². The zero-order chi connectivity index (χ0) is 16.4. The van der Waals surface area contributed by atoms with Gasteiger partial charge in [0.05, 0.1) is 5.56 Å². The molecule has 0 aliphatic carbocycles. The van der Waals surface area contributed by atoms with E-state index in [9.17, 15) is 4.79 Å². The van der Waals surface area contributed by atoms with Crippen molar-refractivity contribution in [3.05, 3.63) is 23.9 Å². The minimum atomic E-state index is 0.144. The molecule has 3 aliphatic heterocycles. The molecule has 0 aromatic carbocycles. The van der Waals surface area contributed by atoms with Crippen LogP contribution in [0.5, 0.6) is 0 Å². The minimum absolute atomic E-state index is 0.144. The van der Waals surface area contributed by atoms with Gasteiger partial charge in [0, 0.05) is 45.0 Å². The third-order valence-corrected chi connectivity index (χ3v) is 5.80. The maximum absolute atomic E-state index is 12.5. The quantitative estimate of drug-likeness (QED) is 0.836. The fourth-order valence-electron chi connectivity index (χ4n) is 4.34. The highest BCUT2D eigenvalue weighted by molar-refractivity contribution is 5.94. The predicted octanol–water partition coefficient (Wildman–Crippen LogP) is 2.38. The van der Waals surface area contributed by atoms with E-state index in [1.807, 2.05) is 17.0 Å². The van der Waals surface area contributed by atoms with E-state index in [0.717, 1.165) is 56.9 Å². The molecule has 0 radical (unpaired) electrons. The summed E-state index contributed by atoms with van der Waals surface area (Å²) in [7, 11) is 0. The average molecular weight is 328 g/mol. The third kappa shape index (κ3) is 3.27. The van der Waals surface area contributed by atoms with Gasteiger partial charge in [0.1, 0.15) is 5.82 Å². The molecule has 130 valence electrons. The molecular weight excluding hydrogens is 300 g/mol. The first-order chi connectivity index (χ1) is 11.8. The monoisotopic (exact) mass is 328 g/mol. The Morgan fingerprint density at radius 1 is 0.958 bits per heavy atom. The first-order valence-electron chi connectivity index (χ1n) is 9.55. The summed E-state index contributed by atoms with van der Waals surface area (Å²) in [4.78, 5) is 24.2. The van der Waals surface area contributed by atoms with E-state index in [1.165, 1.54) is 32.2 Å². The predicted molar refractivity (Wildman–Crippen MR) is 95.4 cm³/mol. The lowest BCUT2D eigenvalue weighted by atomic mass is 9.99. The minimum Gasteiger partial charge on any atom is -0.354 e. The Hall–Kier alpha value is -1.62. The summed E-state index contributed by atoms with van der Waals surface area (Å²) < 4.78 is 0. The molecule has 24 heavy (non-hydrogen) atoms. The molecule has 0 saturated carbocycles. The van der Waals surface area contributed by atoms with Crippen molar-refractivity contribution in [2.75, 3.05) is 44.2 Å². The Balaban J connectivity index is 1.41. The topological polar surface area (TPSA) is 39.7 Å². The van der Waals surface area contributed by atoms with Crippen LogP contribution in [0.3, 0.4) is 0 Å². The van der Waals surface area contributed by atoms with Crippen molar-refractivity contribution >= 4 is 11.7 Å². The molecule has 5 heteroatoms. The molecule has 3 fully saturated rings. The van der Waals surface area contributed by atoms with Crippen molar-refractivity contribution in [1.29, 1.82) is 0 Å². The van der Waals surface area contributed by atoms with Gasteiger partial charge < -0.3 is 9.80 Å². The van der Waals surface area contributed by atoms with E-state index in [2.05, 4.69) is 14.8 Å². The fraction of sp³-hybridized carbons (Fsp3) is 0.684. The Morgan fingerprint density at radius 2 is 1.79 bits per heavy atom. The van der Waals surface area contributed by atoms with Crippen LogP contribution in [0.15, 0.2) is 18.3 Å². The van der Waals surface area contributed by atoms with Gasteiger partial charge in [-0.1, -0.05) is 6.42 Å². The van der Waals surface area contributed by atoms with E-state index in [4.69, 9.17) is 0 Å². The van der Waals surface area contributed by atoms with E-state index >= 15 is 0 Å². The highest BCUT2D eigenvalue weighted by atomic mass is 16.2. The van der Waals surface area contributed by atoms with Gasteiger partial charge >= 0.3 is 0 Å². The molecule has 1 aromatic heterocycles. The second-order valence-corrected chi connectivity index (χ2v) is 7.39. The van der Waals surface area contributed by atoms with Crippen LogP contribution in [0, 0.1) is 0 Å². The number of nitrogens with zero attached hydrogens (tertiary/aromatic N) is 4. The number of hydrogen-bond donors (Lipinski definition) is 0. The van der Waals surface area contributed by atoms with Gasteiger partial charge in [-0.25, -0.2) is 4.98 Å². The number of fused-ring (bicyclic) bond motifs is 1. The number of piperazine rings is 1. The molecule has 1 atom stereocenters. The number of pyridine rings is 1. The highest BCUT2D eigenvalue weighted by Crippen LogP contribution is 2.24. The highest BCUT2D eigenvalue weighted by Gasteiger charge is 2.29. The van der Waals surface area contributed by atoms with E-state index in [-0.39, 0.29) is 5.91 Å². The van der Waals surface area contributed by atoms with Crippen LogP contribution in [0.25, 0.3) is 0 Å². The van der Waals surface area contributed by atoms with Crippen LogP contribution < -0.4 is 4.90 Å². The van der Waals surface area contributed by atoms with Crippen molar-refractivity contribution in [3.63, 3.8) is 0 Å². The smallest absolute Gasteiger partial charge is 0.255 e. The molecule has 3 saturated heterocycles. The number of likely N-dealkylation sites (tertiary alicyclic amines) is 1. The second-order valence-electron chi connectivity index (χ2n) is 7.39. The van der Waals surface area contributed by atoms with Gasteiger partial charge in [-0.3, -0.25) is 9.69 Å². The molecule has 3 aliphatic rings. The molecule has 4 rings (SSSR count). The molecule has 1 aromatic rings. The van der Waals surface area contributed by atoms with Crippen molar-refractivity contribution in [2.45, 2.75) is 44.6 Å². The number of hydrogen-bond acceptors (Lipinski definition) is 4. The summed E-state index contributed by atoms with van der Waals surface area (Å²) in [6.07, 6.45) is 9.29. The van der Waals surface area contributed by atoms with E-state index in [1.54, 1.807) is 6.20 Å². The standard InChI is InChI=1S/C19H28N4O/c24-19(22-10-3-1-4-11-22)16-7-8-18(20-14-16)23-13-12-21-9-5-2-6-17(21)15-23/h7-8,14,17H,1-6,9-13,15H2. The number of amides is 1. The van der Waals surface area contributed by atoms with Gasteiger partial charge in [0.25, 0.3) is 5.91 Å². The summed E-state index contributed by atoms with van der Waals surface area (Å²) in [5.41, 5.74) is 0.733. The molecule has 1 unspecified atom stereocenters. The van der Waals surface area contributed by atoms with Crippen molar-refractivity contribution < 1.29 is 4.79 Å². The first kappa shape index (κ1) is 15.9. The third-order valence-electron chi connectivity index (χ3n) is 5.80. The maximum Gasteiger partial charge on any atom is 0.255 e. The molecular formula is C19H28N4O. The summed E-state index contributed by atoms with van der Waals surface area (Å²) in [6, 6.07) is 4.69. The van der Waals surface area contributed by atoms with Crippen LogP contribution >= 0.6 is 0 Å². The average Bonchev–Trinajstić information content (AvgIpc) is 2.68. The van der Waals surface area contributed by atoms with Crippen LogP contribution in [0.2, 0.25) is 0 Å². The van der Waals surface area contributed by atoms with Crippen LogP contribution in [0.1, 0.15) is 48.9 Å². The lowest BCUT2D eigenvalue weighted by Gasteiger charge is -2.44. The van der Waals surface area contributed by atoms with Gasteiger partial charge in [0.15, 0.2) is 0 Å². The SMILES string of the molecule is O=C(c1ccc(N2CCN3CCCCC3C2)nc1)N1CCCCC1. The molecule has 4 heterocycles. The number of carbonyl (C=O) groups is 1. The largest absolute Gasteiger partial charge is 0.354 e. The number of piperidine rings is 2. The Morgan fingerprint density at radius 3 is 2.58 bits per heavy atom. The van der Waals surface area contributed by atoms with Crippen molar-refractivity contribution in [1.82, 2.24) is 14.8 Å². The zero-order valence-electron chi connectivity index (χ0n) is 14.5. The van der Waals surface area contributed by atoms with Crippen molar-refractivity contribution in [3.8, 4) is 0 Å². The normalized spacial score (nSPS) is 25.4. The second kappa shape index (κ2) is 7.09. The van der Waals surface area contributed by atoms with Gasteiger partial charge in [-0.15, -0.1) is 0 Å². The molecule has 5 nitrogen and oxygen atoms in total. The molecule has 0 spiro atoms. The Kier molecular flexibility index (Phi) is 4.69. The van der Waals surface area contributed by atoms with E-state index in [0.29, 0.717) is 6.04 Å². The summed E-state index contributed by atoms with van der Waals surface area (Å²) >= 11 is 0. The van der Waals surface area contributed by atoms with Crippen LogP contribution in [-0.4, -0.2) is 66.0 Å². The summed E-state index contributed by atoms with van der Waals surface area (Å²) in [5, 5.41) is 0. The molecule has 0 N–H and O–H groups in total. The number of anilines is 1. The van der Waals surface area contributed by atoms with Gasteiger partial charge in [-0.05, 0) is 50.8 Å². The summed E-state index contributed by atoms with van der Waals surface area (Å²) in [6.45, 7) is 6.31. The molecule has 0 bridgehead atoms. The van der Waals surface area contributed by atoms with Crippen LogP contribution in [0.4, 0.5) is 5.82 Å². The molecule has 1 amide bonds. The summed E-state index contributed by atoms with van der Waals surface area (Å²) in [5.74, 6) is 1.17. The van der Waals surface area contributed by atoms with Crippen molar-refractivity contribution in [2.24, 2.45) is 0 Å². The van der Waals surface area contributed by atoms with Gasteiger partial charge in [-0.2, -0.15) is 0 Å². The maximum atomic E-state index is 12.5. The zero-order valence-corrected chi connectivity index (χ0v) is 14.5. The number of rotatable bonds is 2. The first-order valence-corrected chi connectivity index (χ1v) is 9.55. The lowest BCUT2D eigenvalue weighted by molar-refractivity contribution is 0.0724. The van der Waals surface area contributed by atoms with E-state index < -0.39 is 0 Å². The number of carbonyl (C=O) groups excluding carboxylic acids is 1. The number of aromatic nitrogens is 1. The lowest BCUT2D eigenvalue weighted by Crippen LogP contribution is -2.55.